The fourth-order valence-electron chi connectivity index (χ4n) is 4.92. The van der Waals surface area contributed by atoms with Gasteiger partial charge in [0.15, 0.2) is 0 Å². The minimum atomic E-state index is -3.81. The number of hydrogen-bond donors (Lipinski definition) is 1. The van der Waals surface area contributed by atoms with Crippen LogP contribution in [0.5, 0.6) is 0 Å². The van der Waals surface area contributed by atoms with Gasteiger partial charge in [0.25, 0.3) is 0 Å². The van der Waals surface area contributed by atoms with Crippen LogP contribution < -0.4 is 9.62 Å². The SMILES string of the molecule is CS(=O)(=O)N(CC(=O)N(Cc1ccccc1)[C@H](Cc1ccccc1)C(=O)NC1CCCC1)c1ccc(Cl)cc1. The number of rotatable bonds is 11. The molecule has 0 unspecified atom stereocenters. The number of carbonyl (C=O) groups excluding carboxylic acids is 2. The van der Waals surface area contributed by atoms with Crippen molar-refractivity contribution in [3.05, 3.63) is 101 Å². The topological polar surface area (TPSA) is 86.8 Å². The third kappa shape index (κ3) is 8.07. The quantitative estimate of drug-likeness (QED) is 0.360. The Bertz CT molecular complexity index is 1350. The zero-order chi connectivity index (χ0) is 27.8. The number of nitrogens with zero attached hydrogens (tertiary/aromatic N) is 2. The van der Waals surface area contributed by atoms with Crippen molar-refractivity contribution in [3.8, 4) is 0 Å². The van der Waals surface area contributed by atoms with E-state index in [0.717, 1.165) is 47.4 Å². The number of amides is 2. The van der Waals surface area contributed by atoms with Crippen LogP contribution in [0.4, 0.5) is 5.69 Å². The Morgan fingerprint density at radius 2 is 1.46 bits per heavy atom. The summed E-state index contributed by atoms with van der Waals surface area (Å²) in [6.07, 6.45) is 5.31. The van der Waals surface area contributed by atoms with E-state index < -0.39 is 28.5 Å². The van der Waals surface area contributed by atoms with Crippen molar-refractivity contribution in [2.75, 3.05) is 17.1 Å². The second kappa shape index (κ2) is 13.1. The molecule has 9 heteroatoms. The van der Waals surface area contributed by atoms with Crippen LogP contribution in [-0.4, -0.2) is 50.0 Å². The van der Waals surface area contributed by atoms with E-state index in [1.54, 1.807) is 24.3 Å². The second-order valence-electron chi connectivity index (χ2n) is 9.95. The summed E-state index contributed by atoms with van der Waals surface area (Å²) in [5, 5.41) is 3.62. The zero-order valence-electron chi connectivity index (χ0n) is 22.0. The first kappa shape index (κ1) is 28.6. The molecule has 1 atom stereocenters. The van der Waals surface area contributed by atoms with E-state index in [0.29, 0.717) is 17.1 Å². The van der Waals surface area contributed by atoms with Crippen LogP contribution in [-0.2, 0) is 32.6 Å². The van der Waals surface area contributed by atoms with Gasteiger partial charge in [0.1, 0.15) is 12.6 Å². The van der Waals surface area contributed by atoms with Gasteiger partial charge in [0.2, 0.25) is 21.8 Å². The molecule has 1 aliphatic carbocycles. The van der Waals surface area contributed by atoms with E-state index in [1.165, 1.54) is 4.90 Å². The van der Waals surface area contributed by atoms with Gasteiger partial charge >= 0.3 is 0 Å². The predicted octanol–water partition coefficient (Wildman–Crippen LogP) is 4.80. The number of halogens is 1. The third-order valence-corrected chi connectivity index (χ3v) is 8.35. The molecule has 4 rings (SSSR count). The van der Waals surface area contributed by atoms with Crippen LogP contribution in [0.1, 0.15) is 36.8 Å². The van der Waals surface area contributed by atoms with E-state index in [4.69, 9.17) is 11.6 Å². The number of hydrogen-bond acceptors (Lipinski definition) is 4. The molecular weight excluding hydrogens is 534 g/mol. The summed E-state index contributed by atoms with van der Waals surface area (Å²) < 4.78 is 26.7. The number of nitrogens with one attached hydrogen (secondary N) is 1. The molecule has 7 nitrogen and oxygen atoms in total. The first-order valence-corrected chi connectivity index (χ1v) is 15.3. The molecule has 0 bridgehead atoms. The number of benzene rings is 3. The highest BCUT2D eigenvalue weighted by atomic mass is 35.5. The molecule has 0 radical (unpaired) electrons. The molecule has 1 aliphatic rings. The summed E-state index contributed by atoms with van der Waals surface area (Å²) in [6.45, 7) is -0.289. The van der Waals surface area contributed by atoms with Crippen molar-refractivity contribution in [2.24, 2.45) is 0 Å². The van der Waals surface area contributed by atoms with Crippen molar-refractivity contribution < 1.29 is 18.0 Å². The largest absolute Gasteiger partial charge is 0.352 e. The lowest BCUT2D eigenvalue weighted by Gasteiger charge is -2.34. The van der Waals surface area contributed by atoms with Gasteiger partial charge in [-0.05, 0) is 48.2 Å². The molecule has 0 heterocycles. The molecule has 2 amide bonds. The summed E-state index contributed by atoms with van der Waals surface area (Å²) in [5.74, 6) is -0.700. The van der Waals surface area contributed by atoms with Gasteiger partial charge in [-0.25, -0.2) is 8.42 Å². The highest BCUT2D eigenvalue weighted by molar-refractivity contribution is 7.92. The molecule has 0 saturated heterocycles. The first-order valence-electron chi connectivity index (χ1n) is 13.1. The molecule has 1 fully saturated rings. The standard InChI is InChI=1S/C30H34ClN3O4S/c1-39(37,38)34(27-18-16-25(31)17-19-27)22-29(35)33(21-24-12-6-3-7-13-24)28(20-23-10-4-2-5-11-23)30(36)32-26-14-8-9-15-26/h2-7,10-13,16-19,26,28H,8-9,14-15,20-22H2,1H3,(H,32,36)/t28-/m1/s1. The lowest BCUT2D eigenvalue weighted by atomic mass is 10.0. The van der Waals surface area contributed by atoms with Gasteiger partial charge < -0.3 is 10.2 Å². The van der Waals surface area contributed by atoms with Gasteiger partial charge in [0, 0.05) is 24.0 Å². The molecule has 206 valence electrons. The lowest BCUT2D eigenvalue weighted by Crippen LogP contribution is -2.54. The summed E-state index contributed by atoms with van der Waals surface area (Å²) >= 11 is 6.01. The normalized spacial score (nSPS) is 14.5. The molecule has 1 N–H and O–H groups in total. The Morgan fingerprint density at radius 3 is 2.03 bits per heavy atom. The van der Waals surface area contributed by atoms with Gasteiger partial charge in [0.05, 0.1) is 11.9 Å². The van der Waals surface area contributed by atoms with Crippen molar-refractivity contribution in [1.29, 1.82) is 0 Å². The van der Waals surface area contributed by atoms with Crippen molar-refractivity contribution in [1.82, 2.24) is 10.2 Å². The van der Waals surface area contributed by atoms with E-state index >= 15 is 0 Å². The van der Waals surface area contributed by atoms with E-state index in [-0.39, 0.29) is 18.5 Å². The summed E-state index contributed by atoms with van der Waals surface area (Å²) in [4.78, 5) is 29.3. The second-order valence-corrected chi connectivity index (χ2v) is 12.3. The highest BCUT2D eigenvalue weighted by Crippen LogP contribution is 2.23. The Kier molecular flexibility index (Phi) is 9.64. The maximum atomic E-state index is 14.0. The summed E-state index contributed by atoms with van der Waals surface area (Å²) in [7, 11) is -3.81. The number of anilines is 1. The van der Waals surface area contributed by atoms with Crippen molar-refractivity contribution in [3.63, 3.8) is 0 Å². The smallest absolute Gasteiger partial charge is 0.244 e. The third-order valence-electron chi connectivity index (χ3n) is 6.96. The molecule has 3 aromatic carbocycles. The van der Waals surface area contributed by atoms with Gasteiger partial charge in [-0.2, -0.15) is 0 Å². The maximum Gasteiger partial charge on any atom is 0.244 e. The van der Waals surface area contributed by atoms with Gasteiger partial charge in [-0.3, -0.25) is 13.9 Å². The highest BCUT2D eigenvalue weighted by Gasteiger charge is 2.34. The number of sulfonamides is 1. The molecule has 39 heavy (non-hydrogen) atoms. The minimum Gasteiger partial charge on any atom is -0.352 e. The van der Waals surface area contributed by atoms with Gasteiger partial charge in [-0.15, -0.1) is 0 Å². The van der Waals surface area contributed by atoms with Crippen LogP contribution in [0.25, 0.3) is 0 Å². The molecular formula is C30H34ClN3O4S. The predicted molar refractivity (Wildman–Crippen MR) is 155 cm³/mol. The first-order chi connectivity index (χ1) is 18.7. The van der Waals surface area contributed by atoms with E-state index in [9.17, 15) is 18.0 Å². The zero-order valence-corrected chi connectivity index (χ0v) is 23.6. The average Bonchev–Trinajstić information content (AvgIpc) is 3.43. The van der Waals surface area contributed by atoms with E-state index in [2.05, 4.69) is 5.32 Å². The molecule has 1 saturated carbocycles. The van der Waals surface area contributed by atoms with Crippen LogP contribution in [0.3, 0.4) is 0 Å². The Balaban J connectivity index is 1.70. The van der Waals surface area contributed by atoms with Crippen molar-refractivity contribution in [2.45, 2.75) is 50.7 Å². The average molecular weight is 568 g/mol. The monoisotopic (exact) mass is 567 g/mol. The maximum absolute atomic E-state index is 14.0. The summed E-state index contributed by atoms with van der Waals surface area (Å²) in [5.41, 5.74) is 2.08. The Labute approximate surface area is 235 Å². The molecule has 0 aromatic heterocycles. The van der Waals surface area contributed by atoms with Crippen LogP contribution in [0.15, 0.2) is 84.9 Å². The lowest BCUT2D eigenvalue weighted by molar-refractivity contribution is -0.140. The number of carbonyl (C=O) groups is 2. The Hall–Kier alpha value is -3.36. The van der Waals surface area contributed by atoms with E-state index in [1.807, 2.05) is 60.7 Å². The van der Waals surface area contributed by atoms with Crippen molar-refractivity contribution >= 4 is 39.1 Å². The molecule has 0 spiro atoms. The summed E-state index contributed by atoms with van der Waals surface area (Å²) in [6, 6.07) is 24.5. The fourth-order valence-corrected chi connectivity index (χ4v) is 5.90. The van der Waals surface area contributed by atoms with Gasteiger partial charge in [-0.1, -0.05) is 85.1 Å². The molecule has 0 aliphatic heterocycles. The molecule has 3 aromatic rings. The Morgan fingerprint density at radius 1 is 0.897 bits per heavy atom. The fraction of sp³-hybridized carbons (Fsp3) is 0.333. The van der Waals surface area contributed by atoms with Crippen LogP contribution >= 0.6 is 11.6 Å². The van der Waals surface area contributed by atoms with Crippen LogP contribution in [0, 0.1) is 0 Å². The minimum absolute atomic E-state index is 0.0750. The van der Waals surface area contributed by atoms with Crippen LogP contribution in [0.2, 0.25) is 5.02 Å².